The summed E-state index contributed by atoms with van der Waals surface area (Å²) in [7, 11) is 5.99. The van der Waals surface area contributed by atoms with Crippen LogP contribution in [-0.4, -0.2) is 45.8 Å². The predicted molar refractivity (Wildman–Crippen MR) is 114 cm³/mol. The number of nitrogens with one attached hydrogen (secondary N) is 1. The van der Waals surface area contributed by atoms with Crippen LogP contribution in [0.2, 0.25) is 0 Å². The van der Waals surface area contributed by atoms with E-state index in [1.807, 2.05) is 30.3 Å². The van der Waals surface area contributed by atoms with Gasteiger partial charge in [-0.25, -0.2) is 9.98 Å². The second-order valence-electron chi connectivity index (χ2n) is 6.01. The first-order valence-electron chi connectivity index (χ1n) is 8.90. The quantitative estimate of drug-likeness (QED) is 0.349. The van der Waals surface area contributed by atoms with E-state index in [0.717, 1.165) is 5.56 Å². The standard InChI is InChI=1S/C21H22N4O5/c1-27-17-15-14(25-21(22)23-11-26)10-13(12-8-6-5-7-9-12)24-16(15)18(28-2)20(30-4)19(17)29-3/h5-11H,1-4H3,(H3,22,23,24,25,26). The first-order valence-corrected chi connectivity index (χ1v) is 8.90. The van der Waals surface area contributed by atoms with Gasteiger partial charge in [0.15, 0.2) is 17.5 Å². The molecule has 0 unspecified atom stereocenters. The number of benzene rings is 2. The minimum atomic E-state index is -0.0904. The molecule has 1 aromatic heterocycles. The number of nitrogens with two attached hydrogens (primary N) is 1. The molecule has 0 aliphatic carbocycles. The number of methoxy groups -OCH3 is 4. The molecule has 0 saturated heterocycles. The average Bonchev–Trinajstić information content (AvgIpc) is 2.77. The van der Waals surface area contributed by atoms with Crippen LogP contribution < -0.4 is 30.0 Å². The Morgan fingerprint density at radius 3 is 2.13 bits per heavy atom. The number of amides is 1. The van der Waals surface area contributed by atoms with Crippen molar-refractivity contribution in [3.8, 4) is 34.3 Å². The fraction of sp³-hybridized carbons (Fsp3) is 0.190. The van der Waals surface area contributed by atoms with E-state index in [0.29, 0.717) is 51.7 Å². The molecule has 3 aromatic rings. The Morgan fingerprint density at radius 1 is 0.967 bits per heavy atom. The van der Waals surface area contributed by atoms with Gasteiger partial charge in [-0.15, -0.1) is 0 Å². The molecular formula is C21H22N4O5. The van der Waals surface area contributed by atoms with Crippen LogP contribution in [0.15, 0.2) is 41.4 Å². The number of pyridine rings is 1. The molecule has 0 bridgehead atoms. The molecule has 156 valence electrons. The molecule has 1 amide bonds. The maximum absolute atomic E-state index is 10.8. The minimum Gasteiger partial charge on any atom is -0.492 e. The highest BCUT2D eigenvalue weighted by molar-refractivity contribution is 6.06. The summed E-state index contributed by atoms with van der Waals surface area (Å²) < 4.78 is 22.3. The highest BCUT2D eigenvalue weighted by Crippen LogP contribution is 2.53. The van der Waals surface area contributed by atoms with E-state index in [-0.39, 0.29) is 5.96 Å². The van der Waals surface area contributed by atoms with Crippen molar-refractivity contribution >= 4 is 29.0 Å². The fourth-order valence-electron chi connectivity index (χ4n) is 3.17. The van der Waals surface area contributed by atoms with Crippen LogP contribution in [0.1, 0.15) is 0 Å². The van der Waals surface area contributed by atoms with Crippen molar-refractivity contribution in [2.45, 2.75) is 0 Å². The van der Waals surface area contributed by atoms with Gasteiger partial charge >= 0.3 is 0 Å². The Labute approximate surface area is 173 Å². The molecule has 3 rings (SSSR count). The number of aromatic nitrogens is 1. The third-order valence-corrected chi connectivity index (χ3v) is 4.39. The van der Waals surface area contributed by atoms with Crippen molar-refractivity contribution in [3.63, 3.8) is 0 Å². The summed E-state index contributed by atoms with van der Waals surface area (Å²) in [6.07, 6.45) is 0.446. The van der Waals surface area contributed by atoms with E-state index in [2.05, 4.69) is 10.3 Å². The number of hydrogen-bond donors (Lipinski definition) is 2. The van der Waals surface area contributed by atoms with Crippen molar-refractivity contribution in [3.05, 3.63) is 36.4 Å². The topological polar surface area (TPSA) is 117 Å². The zero-order valence-corrected chi connectivity index (χ0v) is 17.1. The average molecular weight is 410 g/mol. The lowest BCUT2D eigenvalue weighted by Gasteiger charge is -2.19. The van der Waals surface area contributed by atoms with E-state index in [4.69, 9.17) is 29.7 Å². The number of fused-ring (bicyclic) bond motifs is 1. The third kappa shape index (κ3) is 3.64. The number of aliphatic imine (C=N–C) groups is 1. The summed E-state index contributed by atoms with van der Waals surface area (Å²) in [6.45, 7) is 0. The van der Waals surface area contributed by atoms with Gasteiger partial charge in [-0.05, 0) is 6.07 Å². The molecule has 9 heteroatoms. The van der Waals surface area contributed by atoms with Crippen LogP contribution in [0.4, 0.5) is 5.69 Å². The molecular weight excluding hydrogens is 388 g/mol. The van der Waals surface area contributed by atoms with Crippen LogP contribution in [0.25, 0.3) is 22.2 Å². The maximum atomic E-state index is 10.8. The molecule has 0 aliphatic rings. The van der Waals surface area contributed by atoms with E-state index in [1.54, 1.807) is 6.07 Å². The molecule has 0 fully saturated rings. The zero-order valence-electron chi connectivity index (χ0n) is 17.1. The molecule has 0 radical (unpaired) electrons. The van der Waals surface area contributed by atoms with Crippen molar-refractivity contribution < 1.29 is 23.7 Å². The van der Waals surface area contributed by atoms with Gasteiger partial charge in [-0.1, -0.05) is 30.3 Å². The number of guanidine groups is 1. The molecule has 1 heterocycles. The molecule has 0 aliphatic heterocycles. The predicted octanol–water partition coefficient (Wildman–Crippen LogP) is 2.63. The Balaban J connectivity index is 2.51. The maximum Gasteiger partial charge on any atom is 0.213 e. The Hall–Kier alpha value is -4.01. The van der Waals surface area contributed by atoms with Gasteiger partial charge in [0, 0.05) is 5.56 Å². The van der Waals surface area contributed by atoms with Gasteiger partial charge in [-0.2, -0.15) is 0 Å². The molecule has 0 atom stereocenters. The number of carbonyl (C=O) groups is 1. The minimum absolute atomic E-state index is 0.0904. The van der Waals surface area contributed by atoms with Crippen molar-refractivity contribution in [2.75, 3.05) is 28.4 Å². The van der Waals surface area contributed by atoms with Crippen molar-refractivity contribution in [1.29, 1.82) is 0 Å². The SMILES string of the molecule is COc1c(OC)c(OC)c2c(N=C(N)NC=O)cc(-c3ccccc3)nc2c1OC. The normalized spacial score (nSPS) is 11.1. The highest BCUT2D eigenvalue weighted by atomic mass is 16.5. The van der Waals surface area contributed by atoms with Gasteiger partial charge in [0.1, 0.15) is 5.52 Å². The summed E-state index contributed by atoms with van der Waals surface area (Å²) >= 11 is 0. The smallest absolute Gasteiger partial charge is 0.213 e. The van der Waals surface area contributed by atoms with Crippen molar-refractivity contribution in [1.82, 2.24) is 10.3 Å². The Bertz CT molecular complexity index is 1100. The lowest BCUT2D eigenvalue weighted by atomic mass is 10.1. The third-order valence-electron chi connectivity index (χ3n) is 4.39. The fourth-order valence-corrected chi connectivity index (χ4v) is 3.17. The van der Waals surface area contributed by atoms with Gasteiger partial charge < -0.3 is 24.7 Å². The van der Waals surface area contributed by atoms with Crippen molar-refractivity contribution in [2.24, 2.45) is 10.7 Å². The van der Waals surface area contributed by atoms with E-state index in [1.165, 1.54) is 28.4 Å². The lowest BCUT2D eigenvalue weighted by Crippen LogP contribution is -2.29. The zero-order chi connectivity index (χ0) is 21.7. The Kier molecular flexibility index (Phi) is 6.21. The summed E-state index contributed by atoms with van der Waals surface area (Å²) in [6, 6.07) is 11.3. The van der Waals surface area contributed by atoms with Crippen LogP contribution >= 0.6 is 0 Å². The van der Waals surface area contributed by atoms with Crippen LogP contribution in [-0.2, 0) is 4.79 Å². The number of ether oxygens (including phenoxy) is 4. The molecule has 9 nitrogen and oxygen atoms in total. The summed E-state index contributed by atoms with van der Waals surface area (Å²) in [4.78, 5) is 19.9. The molecule has 0 spiro atoms. The molecule has 3 N–H and O–H groups in total. The van der Waals surface area contributed by atoms with E-state index >= 15 is 0 Å². The van der Waals surface area contributed by atoms with Gasteiger partial charge in [-0.3, -0.25) is 10.1 Å². The molecule has 0 saturated carbocycles. The lowest BCUT2D eigenvalue weighted by molar-refractivity contribution is -0.108. The van der Waals surface area contributed by atoms with Gasteiger partial charge in [0.25, 0.3) is 0 Å². The summed E-state index contributed by atoms with van der Waals surface area (Å²) in [5.41, 5.74) is 8.16. The van der Waals surface area contributed by atoms with E-state index < -0.39 is 0 Å². The largest absolute Gasteiger partial charge is 0.492 e. The Morgan fingerprint density at radius 2 is 1.57 bits per heavy atom. The molecule has 30 heavy (non-hydrogen) atoms. The van der Waals surface area contributed by atoms with E-state index in [9.17, 15) is 4.79 Å². The highest BCUT2D eigenvalue weighted by Gasteiger charge is 2.27. The number of carbonyl (C=O) groups excluding carboxylic acids is 1. The number of nitrogens with zero attached hydrogens (tertiary/aromatic N) is 2. The van der Waals surface area contributed by atoms with Crippen LogP contribution in [0.5, 0.6) is 23.0 Å². The van der Waals surface area contributed by atoms with Crippen LogP contribution in [0.3, 0.4) is 0 Å². The van der Waals surface area contributed by atoms with Crippen LogP contribution in [0, 0.1) is 0 Å². The number of hydrogen-bond acceptors (Lipinski definition) is 7. The van der Waals surface area contributed by atoms with Gasteiger partial charge in [0.05, 0.1) is 45.2 Å². The van der Waals surface area contributed by atoms with Gasteiger partial charge in [0.2, 0.25) is 17.9 Å². The first-order chi connectivity index (χ1) is 14.6. The second kappa shape index (κ2) is 8.99. The number of rotatable bonds is 7. The molecule has 2 aromatic carbocycles. The first kappa shape index (κ1) is 20.7. The summed E-state index contributed by atoms with van der Waals surface area (Å²) in [5, 5.41) is 2.82. The summed E-state index contributed by atoms with van der Waals surface area (Å²) in [5.74, 6) is 1.25. The second-order valence-corrected chi connectivity index (χ2v) is 6.01. The monoisotopic (exact) mass is 410 g/mol.